The number of hydrogen-bond donors (Lipinski definition) is 1. The molecule has 1 aromatic carbocycles. The Labute approximate surface area is 116 Å². The first kappa shape index (κ1) is 14.2. The Bertz CT molecular complexity index is 437. The molecular weight excluding hydrogens is 238 g/mol. The van der Waals surface area contributed by atoms with Crippen LogP contribution >= 0.6 is 0 Å². The molecule has 1 aliphatic rings. The van der Waals surface area contributed by atoms with E-state index in [1.165, 1.54) is 29.5 Å². The van der Waals surface area contributed by atoms with Crippen LogP contribution in [0, 0.1) is 19.8 Å². The molecule has 2 rings (SSSR count). The number of aryl methyl sites for hydroxylation is 1. The van der Waals surface area contributed by atoms with Gasteiger partial charge in [0.15, 0.2) is 11.5 Å². The first-order chi connectivity index (χ1) is 9.17. The minimum atomic E-state index is 0.703. The number of piperidine rings is 1. The molecular formula is C16H25NO2. The molecule has 0 saturated carbocycles. The summed E-state index contributed by atoms with van der Waals surface area (Å²) >= 11 is 0. The average Bonchev–Trinajstić information content (AvgIpc) is 2.43. The van der Waals surface area contributed by atoms with Crippen molar-refractivity contribution in [1.29, 1.82) is 0 Å². The van der Waals surface area contributed by atoms with Gasteiger partial charge in [-0.2, -0.15) is 0 Å². The Hall–Kier alpha value is -1.22. The first-order valence-electron chi connectivity index (χ1n) is 7.09. The van der Waals surface area contributed by atoms with Crippen LogP contribution in [0.3, 0.4) is 0 Å². The number of hydrogen-bond acceptors (Lipinski definition) is 3. The van der Waals surface area contributed by atoms with Crippen molar-refractivity contribution in [2.75, 3.05) is 27.3 Å². The Morgan fingerprint density at radius 3 is 2.53 bits per heavy atom. The number of methoxy groups -OCH3 is 2. The predicted octanol–water partition coefficient (Wildman–Crippen LogP) is 2.86. The van der Waals surface area contributed by atoms with Gasteiger partial charge in [-0.1, -0.05) is 6.07 Å². The molecule has 0 aliphatic carbocycles. The highest BCUT2D eigenvalue weighted by Crippen LogP contribution is 2.38. The van der Waals surface area contributed by atoms with Gasteiger partial charge in [0.2, 0.25) is 0 Å². The van der Waals surface area contributed by atoms with E-state index in [9.17, 15) is 0 Å². The molecule has 1 aliphatic heterocycles. The SMILES string of the molecule is COc1c(CC2CCCNC2)cc(C)c(C)c1OC. The van der Waals surface area contributed by atoms with E-state index in [1.807, 2.05) is 0 Å². The zero-order valence-corrected chi connectivity index (χ0v) is 12.5. The second-order valence-corrected chi connectivity index (χ2v) is 5.46. The number of ether oxygens (including phenoxy) is 2. The van der Waals surface area contributed by atoms with Crippen molar-refractivity contribution in [3.8, 4) is 11.5 Å². The fourth-order valence-corrected chi connectivity index (χ4v) is 2.96. The lowest BCUT2D eigenvalue weighted by Gasteiger charge is -2.25. The Kier molecular flexibility index (Phi) is 4.70. The maximum absolute atomic E-state index is 5.60. The van der Waals surface area contributed by atoms with Crippen LogP contribution in [0.5, 0.6) is 11.5 Å². The Balaban J connectivity index is 2.30. The molecule has 1 unspecified atom stereocenters. The third-order valence-corrected chi connectivity index (χ3v) is 4.14. The molecule has 0 bridgehead atoms. The van der Waals surface area contributed by atoms with Crippen molar-refractivity contribution in [2.24, 2.45) is 5.92 Å². The lowest BCUT2D eigenvalue weighted by atomic mass is 9.90. The van der Waals surface area contributed by atoms with Crippen LogP contribution in [-0.2, 0) is 6.42 Å². The van der Waals surface area contributed by atoms with Gasteiger partial charge in [-0.05, 0) is 68.8 Å². The van der Waals surface area contributed by atoms with Gasteiger partial charge in [-0.15, -0.1) is 0 Å². The van der Waals surface area contributed by atoms with E-state index >= 15 is 0 Å². The molecule has 0 radical (unpaired) electrons. The molecule has 1 atom stereocenters. The standard InChI is InChI=1S/C16H25NO2/c1-11-8-14(9-13-6-5-7-17-10-13)16(19-4)15(18-3)12(11)2/h8,13,17H,5-7,9-10H2,1-4H3. The van der Waals surface area contributed by atoms with E-state index in [-0.39, 0.29) is 0 Å². The molecule has 3 nitrogen and oxygen atoms in total. The van der Waals surface area contributed by atoms with E-state index < -0.39 is 0 Å². The lowest BCUT2D eigenvalue weighted by molar-refractivity contribution is 0.338. The highest BCUT2D eigenvalue weighted by atomic mass is 16.5. The van der Waals surface area contributed by atoms with Gasteiger partial charge in [0.05, 0.1) is 14.2 Å². The minimum Gasteiger partial charge on any atom is -0.493 e. The van der Waals surface area contributed by atoms with Crippen molar-refractivity contribution in [3.63, 3.8) is 0 Å². The Morgan fingerprint density at radius 2 is 1.95 bits per heavy atom. The first-order valence-corrected chi connectivity index (χ1v) is 7.09. The molecule has 0 aromatic heterocycles. The van der Waals surface area contributed by atoms with Crippen molar-refractivity contribution >= 4 is 0 Å². The maximum atomic E-state index is 5.60. The molecule has 3 heteroatoms. The molecule has 0 amide bonds. The van der Waals surface area contributed by atoms with Gasteiger partial charge in [0, 0.05) is 0 Å². The summed E-state index contributed by atoms with van der Waals surface area (Å²) < 4.78 is 11.1. The van der Waals surface area contributed by atoms with Crippen molar-refractivity contribution < 1.29 is 9.47 Å². The zero-order chi connectivity index (χ0) is 13.8. The van der Waals surface area contributed by atoms with Crippen LogP contribution < -0.4 is 14.8 Å². The van der Waals surface area contributed by atoms with E-state index in [1.54, 1.807) is 14.2 Å². The van der Waals surface area contributed by atoms with Crippen molar-refractivity contribution in [1.82, 2.24) is 5.32 Å². The van der Waals surface area contributed by atoms with Crippen LogP contribution in [0.25, 0.3) is 0 Å². The smallest absolute Gasteiger partial charge is 0.164 e. The summed E-state index contributed by atoms with van der Waals surface area (Å²) in [6.45, 7) is 6.49. The van der Waals surface area contributed by atoms with Gasteiger partial charge in [-0.3, -0.25) is 0 Å². The van der Waals surface area contributed by atoms with Gasteiger partial charge in [0.25, 0.3) is 0 Å². The fourth-order valence-electron chi connectivity index (χ4n) is 2.96. The summed E-state index contributed by atoms with van der Waals surface area (Å²) in [5.74, 6) is 2.51. The fraction of sp³-hybridized carbons (Fsp3) is 0.625. The third-order valence-electron chi connectivity index (χ3n) is 4.14. The summed E-state index contributed by atoms with van der Waals surface area (Å²) in [6, 6.07) is 2.26. The molecule has 0 spiro atoms. The Morgan fingerprint density at radius 1 is 1.21 bits per heavy atom. The van der Waals surface area contributed by atoms with E-state index in [2.05, 4.69) is 25.2 Å². The summed E-state index contributed by atoms with van der Waals surface area (Å²) in [4.78, 5) is 0. The highest BCUT2D eigenvalue weighted by molar-refractivity contribution is 5.55. The highest BCUT2D eigenvalue weighted by Gasteiger charge is 2.20. The van der Waals surface area contributed by atoms with Crippen molar-refractivity contribution in [3.05, 3.63) is 22.8 Å². The van der Waals surface area contributed by atoms with Crippen LogP contribution in [0.4, 0.5) is 0 Å². The third kappa shape index (κ3) is 3.03. The minimum absolute atomic E-state index is 0.703. The van der Waals surface area contributed by atoms with E-state index in [0.717, 1.165) is 31.0 Å². The maximum Gasteiger partial charge on any atom is 0.164 e. The van der Waals surface area contributed by atoms with Crippen LogP contribution in [0.1, 0.15) is 29.5 Å². The van der Waals surface area contributed by atoms with Gasteiger partial charge in [-0.25, -0.2) is 0 Å². The monoisotopic (exact) mass is 263 g/mol. The number of rotatable bonds is 4. The summed E-state index contributed by atoms with van der Waals surface area (Å²) in [7, 11) is 3.45. The van der Waals surface area contributed by atoms with E-state index in [4.69, 9.17) is 9.47 Å². The second kappa shape index (κ2) is 6.29. The van der Waals surface area contributed by atoms with Crippen LogP contribution in [0.2, 0.25) is 0 Å². The van der Waals surface area contributed by atoms with Crippen LogP contribution in [0.15, 0.2) is 6.07 Å². The molecule has 1 heterocycles. The van der Waals surface area contributed by atoms with Gasteiger partial charge >= 0.3 is 0 Å². The van der Waals surface area contributed by atoms with Gasteiger partial charge < -0.3 is 14.8 Å². The summed E-state index contributed by atoms with van der Waals surface area (Å²) in [5.41, 5.74) is 3.72. The molecule has 106 valence electrons. The topological polar surface area (TPSA) is 30.5 Å². The quantitative estimate of drug-likeness (QED) is 0.906. The summed E-state index contributed by atoms with van der Waals surface area (Å²) in [6.07, 6.45) is 3.63. The number of benzene rings is 1. The van der Waals surface area contributed by atoms with E-state index in [0.29, 0.717) is 5.92 Å². The molecule has 19 heavy (non-hydrogen) atoms. The van der Waals surface area contributed by atoms with Gasteiger partial charge in [0.1, 0.15) is 0 Å². The average molecular weight is 263 g/mol. The zero-order valence-electron chi connectivity index (χ0n) is 12.5. The normalized spacial score (nSPS) is 19.3. The lowest BCUT2D eigenvalue weighted by Crippen LogP contribution is -2.31. The largest absolute Gasteiger partial charge is 0.493 e. The molecule has 1 saturated heterocycles. The van der Waals surface area contributed by atoms with Crippen LogP contribution in [-0.4, -0.2) is 27.3 Å². The summed E-state index contributed by atoms with van der Waals surface area (Å²) in [5, 5.41) is 3.48. The molecule has 1 aromatic rings. The molecule has 1 fully saturated rings. The number of nitrogens with one attached hydrogen (secondary N) is 1. The second-order valence-electron chi connectivity index (χ2n) is 5.46. The predicted molar refractivity (Wildman–Crippen MR) is 78.3 cm³/mol. The molecule has 1 N–H and O–H groups in total. The van der Waals surface area contributed by atoms with Crippen molar-refractivity contribution in [2.45, 2.75) is 33.1 Å².